The Kier molecular flexibility index (Phi) is 14.6. The molecule has 1 aliphatic heterocycles. The largest absolute Gasteiger partial charge is 0.462 e. The number of imidazole rings is 1. The molecule has 4 unspecified atom stereocenters. The molecule has 0 bridgehead atoms. The Morgan fingerprint density at radius 1 is 0.879 bits per heavy atom. The number of carbonyl (C=O) groups excluding carboxylic acids is 2. The highest BCUT2D eigenvalue weighted by Gasteiger charge is 2.57. The van der Waals surface area contributed by atoms with Crippen molar-refractivity contribution in [1.29, 1.82) is 0 Å². The smallest absolute Gasteiger partial charge is 0.459 e. The molecule has 3 heterocycles. The maximum atomic E-state index is 17.3. The highest BCUT2D eigenvalue weighted by molar-refractivity contribution is 7.52. The third-order valence-corrected chi connectivity index (χ3v) is 12.0. The van der Waals surface area contributed by atoms with Crippen molar-refractivity contribution in [1.82, 2.24) is 29.7 Å². The molecule has 8 atom stereocenters. The fraction of sp³-hybridized carbons (Fsp3) is 0.472. The monoisotopic (exact) mass is 869 g/mol. The van der Waals surface area contributed by atoms with Gasteiger partial charge in [0.1, 0.15) is 29.1 Å². The van der Waals surface area contributed by atoms with Crippen LogP contribution < -0.4 is 25.0 Å². The Morgan fingerprint density at radius 3 is 1.88 bits per heavy atom. The fourth-order valence-electron chi connectivity index (χ4n) is 5.66. The van der Waals surface area contributed by atoms with Gasteiger partial charge in [-0.25, -0.2) is 18.5 Å². The number of hydrogen-bond acceptors (Lipinski definition) is 15. The molecule has 0 spiro atoms. The topological polar surface area (TPSA) is 227 Å². The Hall–Kier alpha value is -4.19. The number of nitrogens with one attached hydrogen (secondary N) is 2. The highest BCUT2D eigenvalue weighted by Crippen LogP contribution is 2.53. The second-order valence-corrected chi connectivity index (χ2v) is 17.9. The minimum absolute atomic E-state index is 0.0319. The van der Waals surface area contributed by atoms with Crippen molar-refractivity contribution < 1.29 is 55.4 Å². The number of benzene rings is 2. The predicted octanol–water partition coefficient (Wildman–Crippen LogP) is 6.57. The van der Waals surface area contributed by atoms with Gasteiger partial charge in [-0.15, -0.1) is 0 Å². The lowest BCUT2D eigenvalue weighted by Gasteiger charge is -2.33. The summed E-state index contributed by atoms with van der Waals surface area (Å²) >= 11 is 6.11. The number of para-hydroxylation sites is 2. The molecule has 1 aliphatic rings. The van der Waals surface area contributed by atoms with Crippen molar-refractivity contribution in [3.8, 4) is 11.5 Å². The molecule has 0 saturated carbocycles. The van der Waals surface area contributed by atoms with Gasteiger partial charge in [0.05, 0.1) is 43.3 Å². The third-order valence-electron chi connectivity index (χ3n) is 8.61. The van der Waals surface area contributed by atoms with Crippen LogP contribution in [0.25, 0.3) is 11.2 Å². The van der Waals surface area contributed by atoms with Gasteiger partial charge in [-0.05, 0) is 77.4 Å². The van der Waals surface area contributed by atoms with Gasteiger partial charge in [-0.3, -0.25) is 23.2 Å². The van der Waals surface area contributed by atoms with Crippen molar-refractivity contribution in [2.75, 3.05) is 18.9 Å². The summed E-state index contributed by atoms with van der Waals surface area (Å²) in [5.74, 6) is -1.33. The van der Waals surface area contributed by atoms with Crippen LogP contribution in [0.4, 0.5) is 10.2 Å². The van der Waals surface area contributed by atoms with Gasteiger partial charge in [0.2, 0.25) is 5.28 Å². The number of anilines is 1. The third kappa shape index (κ3) is 11.1. The molecular formula is C36H47ClFN7O11P2. The molecule has 316 valence electrons. The molecule has 22 heteroatoms. The number of nitrogen functional groups attached to an aromatic ring is 1. The van der Waals surface area contributed by atoms with E-state index in [1.54, 1.807) is 64.1 Å². The summed E-state index contributed by atoms with van der Waals surface area (Å²) in [6.45, 7) is 9.47. The number of nitrogens with two attached hydrogens (primary N) is 1. The molecule has 2 aromatic heterocycles. The van der Waals surface area contributed by atoms with E-state index in [1.807, 2.05) is 0 Å². The first kappa shape index (κ1) is 44.9. The van der Waals surface area contributed by atoms with Crippen LogP contribution >= 0.6 is 27.1 Å². The Bertz CT molecular complexity index is 2140. The van der Waals surface area contributed by atoms with Gasteiger partial charge >= 0.3 is 27.4 Å². The molecule has 4 N–H and O–H groups in total. The van der Waals surface area contributed by atoms with Crippen LogP contribution in [0.3, 0.4) is 0 Å². The van der Waals surface area contributed by atoms with Gasteiger partial charge in [0, 0.05) is 0 Å². The lowest BCUT2D eigenvalue weighted by Crippen LogP contribution is -2.43. The van der Waals surface area contributed by atoms with E-state index in [9.17, 15) is 18.7 Å². The lowest BCUT2D eigenvalue weighted by atomic mass is 9.82. The SMILES string of the molecule is CC(C)OC(=O)[C@H](C)NP(=O)(OC[C@H]1O[C@@H](n2cnc3c(N)nc(Cl)nc32)C(F)C1(C)COP(=O)(N[C@@H](C)C(=O)OC(C)C)Oc1ccccc1)Oc1ccccc1. The minimum Gasteiger partial charge on any atom is -0.462 e. The Balaban J connectivity index is 1.50. The molecule has 4 aromatic rings. The zero-order chi connectivity index (χ0) is 42.4. The highest BCUT2D eigenvalue weighted by atomic mass is 35.5. The number of fused-ring (bicyclic) bond motifs is 1. The summed E-state index contributed by atoms with van der Waals surface area (Å²) in [5, 5.41) is 4.94. The summed E-state index contributed by atoms with van der Waals surface area (Å²) in [5.41, 5.74) is 4.34. The van der Waals surface area contributed by atoms with Crippen molar-refractivity contribution in [3.05, 3.63) is 72.3 Å². The van der Waals surface area contributed by atoms with Crippen LogP contribution in [0.1, 0.15) is 54.7 Å². The van der Waals surface area contributed by atoms with E-state index >= 15 is 4.39 Å². The summed E-state index contributed by atoms with van der Waals surface area (Å²) in [4.78, 5) is 37.9. The van der Waals surface area contributed by atoms with E-state index < -0.39 is 88.9 Å². The number of aromatic nitrogens is 4. The first-order valence-corrected chi connectivity index (χ1v) is 21.7. The first-order chi connectivity index (χ1) is 27.3. The van der Waals surface area contributed by atoms with E-state index in [-0.39, 0.29) is 33.8 Å². The average Bonchev–Trinajstić information content (AvgIpc) is 3.68. The molecule has 1 saturated heterocycles. The van der Waals surface area contributed by atoms with Crippen LogP contribution in [0.2, 0.25) is 5.28 Å². The van der Waals surface area contributed by atoms with E-state index in [0.29, 0.717) is 0 Å². The first-order valence-electron chi connectivity index (χ1n) is 18.2. The van der Waals surface area contributed by atoms with Crippen molar-refractivity contribution in [2.24, 2.45) is 5.41 Å². The Morgan fingerprint density at radius 2 is 1.38 bits per heavy atom. The van der Waals surface area contributed by atoms with Crippen LogP contribution in [-0.4, -0.2) is 81.2 Å². The molecule has 2 aromatic carbocycles. The van der Waals surface area contributed by atoms with Crippen LogP contribution in [0.15, 0.2) is 67.0 Å². The predicted molar refractivity (Wildman–Crippen MR) is 211 cm³/mol. The molecule has 0 aliphatic carbocycles. The molecule has 0 amide bonds. The van der Waals surface area contributed by atoms with Gasteiger partial charge in [-0.2, -0.15) is 20.1 Å². The second kappa shape index (κ2) is 18.8. The number of hydrogen-bond donors (Lipinski definition) is 3. The van der Waals surface area contributed by atoms with Crippen molar-refractivity contribution in [2.45, 2.75) is 91.3 Å². The summed E-state index contributed by atoms with van der Waals surface area (Å²) in [6, 6.07) is 13.6. The summed E-state index contributed by atoms with van der Waals surface area (Å²) in [7, 11) is -9.05. The number of ether oxygens (including phenoxy) is 3. The number of carbonyl (C=O) groups is 2. The van der Waals surface area contributed by atoms with Crippen LogP contribution in [-0.2, 0) is 42.0 Å². The molecular weight excluding hydrogens is 823 g/mol. The fourth-order valence-corrected chi connectivity index (χ4v) is 8.93. The van der Waals surface area contributed by atoms with Crippen LogP contribution in [0, 0.1) is 5.41 Å². The van der Waals surface area contributed by atoms with E-state index in [2.05, 4.69) is 25.1 Å². The standard InChI is InChI=1S/C36H47ClFN7O11P2/c1-21(2)52-33(46)23(5)43-57(48,55-25-14-10-8-11-15-25)50-18-27-36(7,29(38)32(54-27)45-20-40-28-30(39)41-35(37)42-31(28)45)19-51-58(49,56-26-16-12-9-13-17-26)44-24(6)34(47)53-22(3)4/h8-17,20-24,27,29,32H,18-19H2,1-7H3,(H,43,48)(H,44,49)(H2,39,41,42)/t23-,24-,27+,29?,32+,36?,57?,58?/m0/s1. The molecule has 18 nitrogen and oxygen atoms in total. The number of esters is 2. The maximum absolute atomic E-state index is 17.3. The number of rotatable bonds is 19. The number of alkyl halides is 1. The normalized spacial score (nSPS) is 22.6. The van der Waals surface area contributed by atoms with E-state index in [0.717, 1.165) is 0 Å². The zero-order valence-corrected chi connectivity index (χ0v) is 35.4. The van der Waals surface area contributed by atoms with E-state index in [4.69, 9.17) is 49.6 Å². The summed E-state index contributed by atoms with van der Waals surface area (Å²) in [6.07, 6.45) is -4.67. The lowest BCUT2D eigenvalue weighted by molar-refractivity contribution is -0.150. The number of halogens is 2. The zero-order valence-electron chi connectivity index (χ0n) is 32.8. The number of nitrogens with zero attached hydrogens (tertiary/aromatic N) is 4. The van der Waals surface area contributed by atoms with Crippen molar-refractivity contribution in [3.63, 3.8) is 0 Å². The maximum Gasteiger partial charge on any atom is 0.459 e. The van der Waals surface area contributed by atoms with Gasteiger partial charge < -0.3 is 29.0 Å². The molecule has 5 rings (SSSR count). The molecule has 58 heavy (non-hydrogen) atoms. The van der Waals surface area contributed by atoms with Crippen molar-refractivity contribution >= 4 is 56.0 Å². The second-order valence-electron chi connectivity index (χ2n) is 14.2. The molecule has 1 fully saturated rings. The van der Waals surface area contributed by atoms with Gasteiger partial charge in [0.15, 0.2) is 23.9 Å². The van der Waals surface area contributed by atoms with Crippen LogP contribution in [0.5, 0.6) is 11.5 Å². The molecule has 0 radical (unpaired) electrons. The Labute approximate surface area is 339 Å². The van der Waals surface area contributed by atoms with E-state index in [1.165, 1.54) is 55.9 Å². The summed E-state index contributed by atoms with van der Waals surface area (Å²) < 4.78 is 87.8. The minimum atomic E-state index is -4.54. The quantitative estimate of drug-likeness (QED) is 0.0514. The van der Waals surface area contributed by atoms with Gasteiger partial charge in [-0.1, -0.05) is 43.3 Å². The van der Waals surface area contributed by atoms with Gasteiger partial charge in [0.25, 0.3) is 0 Å². The average molecular weight is 870 g/mol.